The number of rotatable bonds is 6. The van der Waals surface area contributed by atoms with Crippen LogP contribution in [0.25, 0.3) is 11.4 Å². The zero-order chi connectivity index (χ0) is 16.8. The number of carbonyl (C=O) groups excluding carboxylic acids is 1. The van der Waals surface area contributed by atoms with Gasteiger partial charge >= 0.3 is 0 Å². The van der Waals surface area contributed by atoms with Crippen molar-refractivity contribution in [2.75, 3.05) is 5.32 Å². The summed E-state index contributed by atoms with van der Waals surface area (Å²) >= 11 is 0. The third-order valence-corrected chi connectivity index (χ3v) is 3.36. The SMILES string of the molecule is O=C(CCCn1nnc(-c2ccccc2)n1)Nc1cccc(F)c1. The van der Waals surface area contributed by atoms with Crippen molar-refractivity contribution in [2.45, 2.75) is 19.4 Å². The van der Waals surface area contributed by atoms with Crippen molar-refractivity contribution in [3.05, 3.63) is 60.4 Å². The minimum Gasteiger partial charge on any atom is -0.326 e. The van der Waals surface area contributed by atoms with E-state index >= 15 is 0 Å². The molecule has 3 rings (SSSR count). The molecule has 1 heterocycles. The number of nitrogens with zero attached hydrogens (tertiary/aromatic N) is 4. The van der Waals surface area contributed by atoms with Gasteiger partial charge in [0, 0.05) is 17.7 Å². The van der Waals surface area contributed by atoms with E-state index in [4.69, 9.17) is 0 Å². The van der Waals surface area contributed by atoms with E-state index in [0.29, 0.717) is 30.9 Å². The Morgan fingerprint density at radius 1 is 1.12 bits per heavy atom. The highest BCUT2D eigenvalue weighted by Crippen LogP contribution is 2.12. The fourth-order valence-corrected chi connectivity index (χ4v) is 2.21. The van der Waals surface area contributed by atoms with Crippen LogP contribution >= 0.6 is 0 Å². The van der Waals surface area contributed by atoms with Crippen LogP contribution in [0.15, 0.2) is 54.6 Å². The molecule has 1 N–H and O–H groups in total. The minimum atomic E-state index is -0.381. The number of hydrogen-bond acceptors (Lipinski definition) is 4. The minimum absolute atomic E-state index is 0.177. The zero-order valence-corrected chi connectivity index (χ0v) is 12.9. The maximum absolute atomic E-state index is 13.1. The van der Waals surface area contributed by atoms with Gasteiger partial charge in [0.05, 0.1) is 6.54 Å². The highest BCUT2D eigenvalue weighted by molar-refractivity contribution is 5.90. The maximum atomic E-state index is 13.1. The zero-order valence-electron chi connectivity index (χ0n) is 12.9. The highest BCUT2D eigenvalue weighted by Gasteiger charge is 2.07. The second kappa shape index (κ2) is 7.45. The Labute approximate surface area is 138 Å². The Morgan fingerprint density at radius 3 is 2.75 bits per heavy atom. The molecule has 0 saturated carbocycles. The predicted octanol–water partition coefficient (Wildman–Crippen LogP) is 2.90. The Hall–Kier alpha value is -3.09. The Morgan fingerprint density at radius 2 is 1.96 bits per heavy atom. The van der Waals surface area contributed by atoms with Crippen LogP contribution in [-0.4, -0.2) is 26.1 Å². The molecule has 0 fully saturated rings. The average Bonchev–Trinajstić information content (AvgIpc) is 3.04. The lowest BCUT2D eigenvalue weighted by molar-refractivity contribution is -0.116. The molecular formula is C17H16FN5O. The third kappa shape index (κ3) is 4.22. The molecular weight excluding hydrogens is 309 g/mol. The number of anilines is 1. The van der Waals surface area contributed by atoms with Crippen molar-refractivity contribution < 1.29 is 9.18 Å². The molecule has 0 aliphatic carbocycles. The fraction of sp³-hybridized carbons (Fsp3) is 0.176. The van der Waals surface area contributed by atoms with E-state index in [1.54, 1.807) is 12.1 Å². The molecule has 122 valence electrons. The van der Waals surface area contributed by atoms with E-state index in [2.05, 4.69) is 20.7 Å². The smallest absolute Gasteiger partial charge is 0.224 e. The molecule has 24 heavy (non-hydrogen) atoms. The first-order valence-electron chi connectivity index (χ1n) is 7.59. The highest BCUT2D eigenvalue weighted by atomic mass is 19.1. The van der Waals surface area contributed by atoms with Crippen LogP contribution in [0.2, 0.25) is 0 Å². The van der Waals surface area contributed by atoms with E-state index < -0.39 is 0 Å². The van der Waals surface area contributed by atoms with Crippen LogP contribution in [0.4, 0.5) is 10.1 Å². The number of hydrogen-bond donors (Lipinski definition) is 1. The predicted molar refractivity (Wildman–Crippen MR) is 87.5 cm³/mol. The van der Waals surface area contributed by atoms with Gasteiger partial charge in [-0.25, -0.2) is 4.39 Å². The molecule has 0 saturated heterocycles. The summed E-state index contributed by atoms with van der Waals surface area (Å²) in [6.45, 7) is 0.483. The molecule has 0 bridgehead atoms. The van der Waals surface area contributed by atoms with Gasteiger partial charge in [-0.05, 0) is 29.8 Å². The van der Waals surface area contributed by atoms with Crippen LogP contribution in [0.1, 0.15) is 12.8 Å². The quantitative estimate of drug-likeness (QED) is 0.756. The van der Waals surface area contributed by atoms with E-state index in [1.165, 1.54) is 16.9 Å². The maximum Gasteiger partial charge on any atom is 0.224 e. The lowest BCUT2D eigenvalue weighted by Gasteiger charge is -2.04. The Kier molecular flexibility index (Phi) is 4.90. The number of benzene rings is 2. The van der Waals surface area contributed by atoms with Gasteiger partial charge < -0.3 is 5.32 Å². The molecule has 0 aliphatic heterocycles. The number of nitrogens with one attached hydrogen (secondary N) is 1. The molecule has 6 nitrogen and oxygen atoms in total. The van der Waals surface area contributed by atoms with Crippen LogP contribution in [0.3, 0.4) is 0 Å². The van der Waals surface area contributed by atoms with Crippen molar-refractivity contribution in [1.82, 2.24) is 20.2 Å². The molecule has 2 aromatic carbocycles. The first kappa shape index (κ1) is 15.8. The van der Waals surface area contributed by atoms with Crippen LogP contribution < -0.4 is 5.32 Å². The van der Waals surface area contributed by atoms with Gasteiger partial charge in [0.1, 0.15) is 5.82 Å². The number of aryl methyl sites for hydroxylation is 1. The number of halogens is 1. The topological polar surface area (TPSA) is 72.7 Å². The molecule has 0 atom stereocenters. The lowest BCUT2D eigenvalue weighted by atomic mass is 10.2. The second-order valence-electron chi connectivity index (χ2n) is 5.24. The molecule has 0 unspecified atom stereocenters. The third-order valence-electron chi connectivity index (χ3n) is 3.36. The van der Waals surface area contributed by atoms with Gasteiger partial charge in [-0.2, -0.15) is 4.80 Å². The summed E-state index contributed by atoms with van der Waals surface area (Å²) in [5, 5.41) is 14.9. The Bertz CT molecular complexity index is 819. The number of amides is 1. The average molecular weight is 325 g/mol. The summed E-state index contributed by atoms with van der Waals surface area (Å²) in [7, 11) is 0. The number of tetrazole rings is 1. The van der Waals surface area contributed by atoms with Crippen molar-refractivity contribution in [3.63, 3.8) is 0 Å². The molecule has 3 aromatic rings. The van der Waals surface area contributed by atoms with Crippen molar-refractivity contribution in [3.8, 4) is 11.4 Å². The number of aromatic nitrogens is 4. The second-order valence-corrected chi connectivity index (χ2v) is 5.24. The molecule has 1 aromatic heterocycles. The van der Waals surface area contributed by atoms with Crippen molar-refractivity contribution >= 4 is 11.6 Å². The van der Waals surface area contributed by atoms with E-state index in [0.717, 1.165) is 5.56 Å². The standard InChI is InChI=1S/C17H16FN5O/c18-14-8-4-9-15(12-14)19-16(24)10-5-11-23-21-17(20-22-23)13-6-2-1-3-7-13/h1-4,6-9,12H,5,10-11H2,(H,19,24). The van der Waals surface area contributed by atoms with Gasteiger partial charge in [-0.3, -0.25) is 4.79 Å². The van der Waals surface area contributed by atoms with Crippen LogP contribution in [-0.2, 0) is 11.3 Å². The monoisotopic (exact) mass is 325 g/mol. The van der Waals surface area contributed by atoms with E-state index in [-0.39, 0.29) is 11.7 Å². The van der Waals surface area contributed by atoms with Crippen LogP contribution in [0.5, 0.6) is 0 Å². The molecule has 0 spiro atoms. The summed E-state index contributed by atoms with van der Waals surface area (Å²) in [4.78, 5) is 13.3. The number of carbonyl (C=O) groups is 1. The molecule has 7 heteroatoms. The summed E-state index contributed by atoms with van der Waals surface area (Å²) in [5.74, 6) is -0.00290. The van der Waals surface area contributed by atoms with Crippen LogP contribution in [0, 0.1) is 5.82 Å². The van der Waals surface area contributed by atoms with Gasteiger partial charge in [-0.15, -0.1) is 10.2 Å². The summed E-state index contributed by atoms with van der Waals surface area (Å²) in [6, 6.07) is 15.4. The van der Waals surface area contributed by atoms with Crippen molar-refractivity contribution in [1.29, 1.82) is 0 Å². The Balaban J connectivity index is 1.48. The normalized spacial score (nSPS) is 10.5. The van der Waals surface area contributed by atoms with Gasteiger partial charge in [0.15, 0.2) is 0 Å². The largest absolute Gasteiger partial charge is 0.326 e. The summed E-state index contributed by atoms with van der Waals surface area (Å²) < 4.78 is 13.1. The summed E-state index contributed by atoms with van der Waals surface area (Å²) in [6.07, 6.45) is 0.852. The first-order valence-corrected chi connectivity index (χ1v) is 7.59. The van der Waals surface area contributed by atoms with Gasteiger partial charge in [0.25, 0.3) is 0 Å². The van der Waals surface area contributed by atoms with Gasteiger partial charge in [-0.1, -0.05) is 36.4 Å². The fourth-order valence-electron chi connectivity index (χ4n) is 2.21. The first-order chi connectivity index (χ1) is 11.7. The summed E-state index contributed by atoms with van der Waals surface area (Å²) in [5.41, 5.74) is 1.35. The van der Waals surface area contributed by atoms with E-state index in [1.807, 2.05) is 30.3 Å². The van der Waals surface area contributed by atoms with Crippen molar-refractivity contribution in [2.24, 2.45) is 0 Å². The van der Waals surface area contributed by atoms with Gasteiger partial charge in [0.2, 0.25) is 11.7 Å². The molecule has 1 amide bonds. The van der Waals surface area contributed by atoms with E-state index in [9.17, 15) is 9.18 Å². The molecule has 0 aliphatic rings. The molecule has 0 radical (unpaired) electrons. The lowest BCUT2D eigenvalue weighted by Crippen LogP contribution is -2.13.